The van der Waals surface area contributed by atoms with E-state index >= 15 is 0 Å². The Bertz CT molecular complexity index is 358. The fraction of sp³-hybridized carbons (Fsp3) is 0.615. The van der Waals surface area contributed by atoms with Crippen LogP contribution in [0.4, 0.5) is 0 Å². The first-order valence-electron chi connectivity index (χ1n) is 5.87. The lowest BCUT2D eigenvalue weighted by molar-refractivity contribution is -0.123. The molecule has 0 aliphatic heterocycles. The van der Waals surface area contributed by atoms with Crippen LogP contribution in [0.3, 0.4) is 0 Å². The lowest BCUT2D eigenvalue weighted by atomic mass is 9.92. The molecule has 96 valence electrons. The first-order chi connectivity index (χ1) is 7.84. The summed E-state index contributed by atoms with van der Waals surface area (Å²) >= 11 is 1.58. The van der Waals surface area contributed by atoms with E-state index in [2.05, 4.69) is 5.32 Å². The second kappa shape index (κ2) is 5.65. The van der Waals surface area contributed by atoms with Crippen molar-refractivity contribution in [3.05, 3.63) is 22.4 Å². The molecule has 1 rings (SSSR count). The molecule has 0 aromatic carbocycles. The zero-order valence-corrected chi connectivity index (χ0v) is 11.7. The van der Waals surface area contributed by atoms with Gasteiger partial charge in [-0.1, -0.05) is 13.8 Å². The molecule has 0 fully saturated rings. The summed E-state index contributed by atoms with van der Waals surface area (Å²) in [5.74, 6) is -0.0900. The molecule has 17 heavy (non-hydrogen) atoms. The monoisotopic (exact) mass is 255 g/mol. The third kappa shape index (κ3) is 3.82. The first-order valence-corrected chi connectivity index (χ1v) is 6.81. The fourth-order valence-electron chi connectivity index (χ4n) is 1.30. The zero-order valence-electron chi connectivity index (χ0n) is 10.9. The van der Waals surface area contributed by atoms with Crippen molar-refractivity contribution >= 4 is 17.2 Å². The third-order valence-electron chi connectivity index (χ3n) is 3.30. The number of hydrogen-bond acceptors (Lipinski definition) is 3. The molecular formula is C13H21NO2S. The largest absolute Gasteiger partial charge is 0.388 e. The van der Waals surface area contributed by atoms with Crippen molar-refractivity contribution < 1.29 is 9.90 Å². The lowest BCUT2D eigenvalue weighted by Crippen LogP contribution is -2.45. The van der Waals surface area contributed by atoms with Gasteiger partial charge in [0.05, 0.1) is 11.5 Å². The maximum absolute atomic E-state index is 11.9. The highest BCUT2D eigenvalue weighted by atomic mass is 32.1. The lowest BCUT2D eigenvalue weighted by Gasteiger charge is -2.28. The summed E-state index contributed by atoms with van der Waals surface area (Å²) in [5.41, 5.74) is 0.168. The van der Waals surface area contributed by atoms with Gasteiger partial charge in [0.15, 0.2) is 0 Å². The summed E-state index contributed by atoms with van der Waals surface area (Å²) in [7, 11) is 0. The summed E-state index contributed by atoms with van der Waals surface area (Å²) in [6.45, 7) is 7.79. The quantitative estimate of drug-likeness (QED) is 0.848. The molecule has 2 atom stereocenters. The second-order valence-corrected chi connectivity index (χ2v) is 5.79. The van der Waals surface area contributed by atoms with Crippen LogP contribution in [-0.4, -0.2) is 23.2 Å². The maximum atomic E-state index is 11.9. The first kappa shape index (κ1) is 14.2. The van der Waals surface area contributed by atoms with Crippen LogP contribution in [-0.2, 0) is 4.79 Å². The van der Waals surface area contributed by atoms with E-state index in [0.717, 1.165) is 5.56 Å². The Morgan fingerprint density at radius 2 is 2.18 bits per heavy atom. The van der Waals surface area contributed by atoms with E-state index in [9.17, 15) is 9.90 Å². The maximum Gasteiger partial charge on any atom is 0.227 e. The van der Waals surface area contributed by atoms with Gasteiger partial charge in [0, 0.05) is 6.54 Å². The highest BCUT2D eigenvalue weighted by Gasteiger charge is 2.26. The van der Waals surface area contributed by atoms with Crippen LogP contribution in [0.25, 0.3) is 0 Å². The van der Waals surface area contributed by atoms with E-state index in [1.807, 2.05) is 37.6 Å². The van der Waals surface area contributed by atoms with Crippen LogP contribution < -0.4 is 5.32 Å². The summed E-state index contributed by atoms with van der Waals surface area (Å²) in [6, 6.07) is 1.95. The van der Waals surface area contributed by atoms with E-state index in [1.165, 1.54) is 0 Å². The molecule has 4 heteroatoms. The number of thiophene rings is 1. The van der Waals surface area contributed by atoms with Gasteiger partial charge >= 0.3 is 0 Å². The van der Waals surface area contributed by atoms with Crippen molar-refractivity contribution in [2.24, 2.45) is 5.92 Å². The number of hydrogen-bond donors (Lipinski definition) is 2. The molecule has 1 amide bonds. The summed E-state index contributed by atoms with van der Waals surface area (Å²) < 4.78 is 0. The van der Waals surface area contributed by atoms with Crippen LogP contribution in [0, 0.1) is 5.92 Å². The van der Waals surface area contributed by atoms with Crippen molar-refractivity contribution in [2.75, 3.05) is 6.54 Å². The van der Waals surface area contributed by atoms with Crippen LogP contribution in [0.5, 0.6) is 0 Å². The van der Waals surface area contributed by atoms with Gasteiger partial charge in [0.2, 0.25) is 5.91 Å². The van der Waals surface area contributed by atoms with Crippen LogP contribution >= 0.6 is 11.3 Å². The average Bonchev–Trinajstić information content (AvgIpc) is 2.78. The van der Waals surface area contributed by atoms with Gasteiger partial charge in [0.25, 0.3) is 0 Å². The van der Waals surface area contributed by atoms with Crippen LogP contribution in [0.15, 0.2) is 16.8 Å². The minimum Gasteiger partial charge on any atom is -0.388 e. The molecule has 1 aromatic heterocycles. The average molecular weight is 255 g/mol. The Morgan fingerprint density at radius 3 is 2.65 bits per heavy atom. The Kier molecular flexibility index (Phi) is 4.71. The molecular weight excluding hydrogens is 234 g/mol. The number of amides is 1. The van der Waals surface area contributed by atoms with Crippen LogP contribution in [0.2, 0.25) is 0 Å². The number of aliphatic hydroxyl groups is 1. The molecule has 0 aliphatic rings. The highest BCUT2D eigenvalue weighted by molar-refractivity contribution is 7.08. The number of carbonyl (C=O) groups excluding carboxylic acids is 1. The fourth-order valence-corrected chi connectivity index (χ4v) is 2.05. The Morgan fingerprint density at radius 1 is 1.53 bits per heavy atom. The topological polar surface area (TPSA) is 49.3 Å². The molecule has 0 saturated heterocycles. The number of rotatable bonds is 5. The summed E-state index contributed by atoms with van der Waals surface area (Å²) in [4.78, 5) is 11.9. The van der Waals surface area contributed by atoms with E-state index in [0.29, 0.717) is 0 Å². The standard InChI is InChI=1S/C13H21NO2S/c1-9(2)13(4,16)8-14-12(15)10(3)11-5-6-17-7-11/h5-7,9-10,16H,8H2,1-4H3,(H,14,15). The minimum absolute atomic E-state index is 0.0377. The SMILES string of the molecule is CC(C(=O)NCC(C)(O)C(C)C)c1ccsc1. The Labute approximate surface area is 107 Å². The predicted molar refractivity (Wildman–Crippen MR) is 71.2 cm³/mol. The molecule has 0 spiro atoms. The van der Waals surface area contributed by atoms with E-state index in [1.54, 1.807) is 18.3 Å². The van der Waals surface area contributed by atoms with Gasteiger partial charge < -0.3 is 10.4 Å². The molecule has 0 bridgehead atoms. The van der Waals surface area contributed by atoms with E-state index in [4.69, 9.17) is 0 Å². The smallest absolute Gasteiger partial charge is 0.227 e. The van der Waals surface area contributed by atoms with Gasteiger partial charge in [-0.2, -0.15) is 11.3 Å². The Hall–Kier alpha value is -0.870. The third-order valence-corrected chi connectivity index (χ3v) is 4.00. The molecule has 2 unspecified atom stereocenters. The summed E-state index contributed by atoms with van der Waals surface area (Å²) in [5, 5.41) is 16.8. The second-order valence-electron chi connectivity index (χ2n) is 5.01. The van der Waals surface area contributed by atoms with Crippen molar-refractivity contribution in [2.45, 2.75) is 39.2 Å². The van der Waals surface area contributed by atoms with E-state index in [-0.39, 0.29) is 24.3 Å². The molecule has 0 radical (unpaired) electrons. The normalized spacial score (nSPS) is 16.6. The molecule has 1 aromatic rings. The molecule has 0 aliphatic carbocycles. The van der Waals surface area contributed by atoms with Gasteiger partial charge in [-0.25, -0.2) is 0 Å². The minimum atomic E-state index is -0.857. The van der Waals surface area contributed by atoms with Crippen molar-refractivity contribution in [3.63, 3.8) is 0 Å². The van der Waals surface area contributed by atoms with Crippen molar-refractivity contribution in [1.82, 2.24) is 5.32 Å². The molecule has 2 N–H and O–H groups in total. The molecule has 3 nitrogen and oxygen atoms in total. The summed E-state index contributed by atoms with van der Waals surface area (Å²) in [6.07, 6.45) is 0. The molecule has 1 heterocycles. The Balaban J connectivity index is 2.51. The van der Waals surface area contributed by atoms with Gasteiger partial charge in [0.1, 0.15) is 0 Å². The van der Waals surface area contributed by atoms with Gasteiger partial charge in [-0.05, 0) is 42.2 Å². The van der Waals surface area contributed by atoms with Crippen molar-refractivity contribution in [1.29, 1.82) is 0 Å². The van der Waals surface area contributed by atoms with Gasteiger partial charge in [-0.15, -0.1) is 0 Å². The number of carbonyl (C=O) groups is 1. The van der Waals surface area contributed by atoms with Crippen molar-refractivity contribution in [3.8, 4) is 0 Å². The molecule has 0 saturated carbocycles. The highest BCUT2D eigenvalue weighted by Crippen LogP contribution is 2.19. The van der Waals surface area contributed by atoms with E-state index < -0.39 is 5.60 Å². The van der Waals surface area contributed by atoms with Crippen LogP contribution in [0.1, 0.15) is 39.2 Å². The predicted octanol–water partition coefficient (Wildman–Crippen LogP) is 2.37. The number of nitrogens with one attached hydrogen (secondary N) is 1. The van der Waals surface area contributed by atoms with Gasteiger partial charge in [-0.3, -0.25) is 4.79 Å². The zero-order chi connectivity index (χ0) is 13.1.